The van der Waals surface area contributed by atoms with Gasteiger partial charge in [0.25, 0.3) is 0 Å². The molecule has 1 aliphatic rings. The molecule has 0 saturated carbocycles. The number of hydrogen-bond acceptors (Lipinski definition) is 4. The Morgan fingerprint density at radius 1 is 1.41 bits per heavy atom. The van der Waals surface area contributed by atoms with Gasteiger partial charge in [0.05, 0.1) is 23.9 Å². The van der Waals surface area contributed by atoms with Crippen molar-refractivity contribution >= 4 is 23.2 Å². The highest BCUT2D eigenvalue weighted by atomic mass is 19.1. The third-order valence-electron chi connectivity index (χ3n) is 3.32. The highest BCUT2D eigenvalue weighted by molar-refractivity contribution is 6.35. The number of carbonyl (C=O) groups is 1. The van der Waals surface area contributed by atoms with Crippen molar-refractivity contribution in [3.05, 3.63) is 57.7 Å². The minimum atomic E-state index is -0.901. The Morgan fingerprint density at radius 3 is 2.86 bits per heavy atom. The molecule has 0 atom stereocenters. The molecule has 1 aromatic heterocycles. The van der Waals surface area contributed by atoms with Crippen LogP contribution >= 0.6 is 0 Å². The van der Waals surface area contributed by atoms with Crippen molar-refractivity contribution < 1.29 is 19.0 Å². The van der Waals surface area contributed by atoms with Crippen LogP contribution in [-0.4, -0.2) is 23.0 Å². The van der Waals surface area contributed by atoms with E-state index in [1.54, 1.807) is 12.3 Å². The summed E-state index contributed by atoms with van der Waals surface area (Å²) in [5.74, 6) is -1.16. The van der Waals surface area contributed by atoms with Crippen molar-refractivity contribution in [1.29, 1.82) is 0 Å². The van der Waals surface area contributed by atoms with E-state index in [1.165, 1.54) is 25.3 Å². The summed E-state index contributed by atoms with van der Waals surface area (Å²) in [5, 5.41) is 10.6. The quantitative estimate of drug-likeness (QED) is 0.535. The highest BCUT2D eigenvalue weighted by Gasteiger charge is 2.42. The third kappa shape index (κ3) is 1.93. The monoisotopic (exact) mass is 303 g/mol. The molecule has 22 heavy (non-hydrogen) atoms. The molecule has 1 aliphatic heterocycles. The fourth-order valence-electron chi connectivity index (χ4n) is 2.39. The molecule has 0 radical (unpaired) electrons. The number of ether oxygens (including phenoxy) is 1. The zero-order chi connectivity index (χ0) is 15.9. The van der Waals surface area contributed by atoms with Crippen LogP contribution in [0.4, 0.5) is 10.1 Å². The average molecular weight is 303 g/mol. The Bertz CT molecular complexity index is 812. The van der Waals surface area contributed by atoms with Gasteiger partial charge in [-0.15, -0.1) is 0 Å². The second kappa shape index (κ2) is 4.99. The van der Waals surface area contributed by atoms with Gasteiger partial charge in [0.15, 0.2) is 5.03 Å². The number of anilines is 1. The molecule has 0 fully saturated rings. The predicted molar refractivity (Wildman–Crippen MR) is 76.1 cm³/mol. The molecule has 2 heterocycles. The molecule has 0 unspecified atom stereocenters. The first-order valence-corrected chi connectivity index (χ1v) is 6.25. The molecule has 8 heteroatoms. The van der Waals surface area contributed by atoms with Crippen molar-refractivity contribution in [1.82, 2.24) is 4.98 Å². The van der Waals surface area contributed by atoms with Crippen LogP contribution in [0.3, 0.4) is 0 Å². The number of carbonyl (C=O) groups excluding carboxylic acids is 1. The number of hydrogen-bond donors (Lipinski definition) is 1. The van der Waals surface area contributed by atoms with Crippen LogP contribution in [0.15, 0.2) is 30.5 Å². The summed E-state index contributed by atoms with van der Waals surface area (Å²) in [6, 6.07) is 5.41. The number of halogens is 1. The minimum Gasteiger partial charge on any atom is -0.495 e. The minimum absolute atomic E-state index is 0.0910. The van der Waals surface area contributed by atoms with E-state index in [2.05, 4.69) is 4.98 Å². The summed E-state index contributed by atoms with van der Waals surface area (Å²) < 4.78 is 19.2. The lowest BCUT2D eigenvalue weighted by molar-refractivity contribution is -0.482. The first kappa shape index (κ1) is 13.8. The van der Waals surface area contributed by atoms with E-state index in [0.29, 0.717) is 16.5 Å². The number of aromatic nitrogens is 1. The van der Waals surface area contributed by atoms with Crippen LogP contribution in [0.5, 0.6) is 5.75 Å². The van der Waals surface area contributed by atoms with Gasteiger partial charge in [0, 0.05) is 6.20 Å². The Morgan fingerprint density at radius 2 is 2.18 bits per heavy atom. The second-order valence-electron chi connectivity index (χ2n) is 4.51. The van der Waals surface area contributed by atoms with Gasteiger partial charge in [-0.3, -0.25) is 4.79 Å². The third-order valence-corrected chi connectivity index (χ3v) is 3.32. The Labute approximate surface area is 123 Å². The van der Waals surface area contributed by atoms with Crippen LogP contribution in [0.1, 0.15) is 11.3 Å². The van der Waals surface area contributed by atoms with Gasteiger partial charge in [0.2, 0.25) is 0 Å². The van der Waals surface area contributed by atoms with Gasteiger partial charge in [-0.2, -0.15) is 0 Å². The van der Waals surface area contributed by atoms with Gasteiger partial charge >= 0.3 is 5.91 Å². The number of H-pyrrole nitrogens is 1. The molecular formula is C14H10FN3O4. The molecule has 1 N–H and O–H groups in total. The first-order valence-electron chi connectivity index (χ1n) is 6.25. The number of fused-ring (bicyclic) bond motifs is 1. The largest absolute Gasteiger partial charge is 0.495 e. The summed E-state index contributed by atoms with van der Waals surface area (Å²) in [5.41, 5.74) is 0.128. The molecule has 1 amide bonds. The fraction of sp³-hybridized carbons (Fsp3) is 0.0714. The maximum absolute atomic E-state index is 14.1. The molecule has 0 spiro atoms. The summed E-state index contributed by atoms with van der Waals surface area (Å²) in [4.78, 5) is 26.2. The maximum Gasteiger partial charge on any atom is 0.320 e. The van der Waals surface area contributed by atoms with Gasteiger partial charge < -0.3 is 9.72 Å². The van der Waals surface area contributed by atoms with E-state index in [1.807, 2.05) is 0 Å². The van der Waals surface area contributed by atoms with Gasteiger partial charge in [-0.25, -0.2) is 14.5 Å². The Kier molecular flexibility index (Phi) is 3.13. The molecule has 112 valence electrons. The smallest absolute Gasteiger partial charge is 0.320 e. The second-order valence-corrected chi connectivity index (χ2v) is 4.51. The fourth-order valence-corrected chi connectivity index (χ4v) is 2.39. The molecule has 3 rings (SSSR count). The van der Waals surface area contributed by atoms with Gasteiger partial charge in [-0.1, -0.05) is 6.07 Å². The van der Waals surface area contributed by atoms with Crippen molar-refractivity contribution in [3.63, 3.8) is 0 Å². The summed E-state index contributed by atoms with van der Waals surface area (Å²) in [6.07, 6.45) is 2.92. The van der Waals surface area contributed by atoms with E-state index in [-0.39, 0.29) is 16.8 Å². The van der Waals surface area contributed by atoms with Crippen LogP contribution < -0.4 is 9.75 Å². The first-order chi connectivity index (χ1) is 10.5. The summed E-state index contributed by atoms with van der Waals surface area (Å²) in [6.45, 7) is 0. The number of benzene rings is 1. The van der Waals surface area contributed by atoms with Crippen LogP contribution in [0.2, 0.25) is 0 Å². The van der Waals surface area contributed by atoms with Crippen LogP contribution in [0.25, 0.3) is 11.6 Å². The zero-order valence-corrected chi connectivity index (χ0v) is 11.4. The lowest BCUT2D eigenvalue weighted by atomic mass is 10.1. The lowest BCUT2D eigenvalue weighted by Crippen LogP contribution is -2.32. The molecular weight excluding hydrogens is 293 g/mol. The maximum atomic E-state index is 14.1. The average Bonchev–Trinajstić information content (AvgIpc) is 3.03. The van der Waals surface area contributed by atoms with Crippen molar-refractivity contribution in [3.8, 4) is 5.75 Å². The Balaban J connectivity index is 2.22. The van der Waals surface area contributed by atoms with Crippen molar-refractivity contribution in [2.75, 3.05) is 12.1 Å². The summed E-state index contributed by atoms with van der Waals surface area (Å²) >= 11 is 0. The highest BCUT2D eigenvalue weighted by Crippen LogP contribution is 2.39. The number of nitro groups is 1. The van der Waals surface area contributed by atoms with Gasteiger partial charge in [0.1, 0.15) is 17.3 Å². The summed E-state index contributed by atoms with van der Waals surface area (Å²) in [7, 11) is 1.44. The van der Waals surface area contributed by atoms with E-state index in [9.17, 15) is 19.3 Å². The van der Waals surface area contributed by atoms with Crippen molar-refractivity contribution in [2.24, 2.45) is 0 Å². The lowest BCUT2D eigenvalue weighted by Gasteiger charge is -2.04. The number of nitrogens with one attached hydrogen (secondary N) is 1. The van der Waals surface area contributed by atoms with E-state index >= 15 is 0 Å². The number of methoxy groups -OCH3 is 1. The standard InChI is InChI=1S/C14H10FN3O4/c1-22-12-5-6-16-10(12)7-8-13-9(15)3-2-4-11(13)17(14(8)19)18(20)21/h2-7,16H,1H3. The molecule has 7 nitrogen and oxygen atoms in total. The van der Waals surface area contributed by atoms with E-state index < -0.39 is 16.8 Å². The van der Waals surface area contributed by atoms with Gasteiger partial charge in [-0.05, 0) is 29.3 Å². The molecule has 2 aromatic rings. The Hall–Kier alpha value is -3.16. The molecule has 0 saturated heterocycles. The van der Waals surface area contributed by atoms with Crippen LogP contribution in [-0.2, 0) is 4.79 Å². The molecule has 0 bridgehead atoms. The van der Waals surface area contributed by atoms with Crippen molar-refractivity contribution in [2.45, 2.75) is 0 Å². The molecule has 0 aliphatic carbocycles. The number of hydrazine groups is 1. The van der Waals surface area contributed by atoms with E-state index in [4.69, 9.17) is 4.74 Å². The number of nitrogens with zero attached hydrogens (tertiary/aromatic N) is 2. The number of rotatable bonds is 3. The van der Waals surface area contributed by atoms with Crippen LogP contribution in [0, 0.1) is 15.9 Å². The normalized spacial score (nSPS) is 15.3. The number of amides is 1. The number of aromatic amines is 1. The molecule has 1 aromatic carbocycles. The zero-order valence-electron chi connectivity index (χ0n) is 11.4. The topological polar surface area (TPSA) is 88.5 Å². The van der Waals surface area contributed by atoms with E-state index in [0.717, 1.165) is 6.07 Å². The SMILES string of the molecule is COc1cc[nH]c1C=C1C(=O)N([N+](=O)[O-])c2cccc(F)c21. The predicted octanol–water partition coefficient (Wildman–Crippen LogP) is 2.24.